The maximum atomic E-state index is 5.66. The Morgan fingerprint density at radius 1 is 1.36 bits per heavy atom. The zero-order valence-electron chi connectivity index (χ0n) is 5.44. The second-order valence-corrected chi connectivity index (χ2v) is 3.47. The summed E-state index contributed by atoms with van der Waals surface area (Å²) in [5.74, 6) is 0. The lowest BCUT2D eigenvalue weighted by molar-refractivity contribution is 1.01. The first-order valence-corrected chi connectivity index (χ1v) is 4.71. The largest absolute Gasteiger partial charge is 0.257 e. The summed E-state index contributed by atoms with van der Waals surface area (Å²) >= 11 is 13.4. The highest BCUT2D eigenvalue weighted by Gasteiger charge is 1.97. The van der Waals surface area contributed by atoms with Crippen molar-refractivity contribution >= 4 is 46.1 Å². The highest BCUT2D eigenvalue weighted by atomic mass is 127. The van der Waals surface area contributed by atoms with Crippen LogP contribution in [0.25, 0.3) is 0 Å². The van der Waals surface area contributed by atoms with Crippen LogP contribution in [0.5, 0.6) is 0 Å². The predicted molar refractivity (Wildman–Crippen MR) is 55.1 cm³/mol. The van der Waals surface area contributed by atoms with Crippen molar-refractivity contribution in [3.8, 4) is 0 Å². The molecule has 1 heterocycles. The van der Waals surface area contributed by atoms with Gasteiger partial charge in [-0.05, 0) is 17.7 Å². The van der Waals surface area contributed by atoms with Gasteiger partial charge < -0.3 is 0 Å². The van der Waals surface area contributed by atoms with Gasteiger partial charge in [-0.3, -0.25) is 3.53 Å². The van der Waals surface area contributed by atoms with E-state index in [-0.39, 0.29) is 0 Å². The Kier molecular flexibility index (Phi) is 3.84. The highest BCUT2D eigenvalue weighted by Crippen LogP contribution is 2.14. The number of halogens is 3. The molecule has 0 aliphatic carbocycles. The van der Waals surface area contributed by atoms with Crippen LogP contribution in [-0.2, 0) is 6.54 Å². The first-order chi connectivity index (χ1) is 5.22. The predicted octanol–water partition coefficient (Wildman–Crippen LogP) is 2.83. The van der Waals surface area contributed by atoms with Crippen molar-refractivity contribution in [3.63, 3.8) is 0 Å². The Balaban J connectivity index is 2.89. The van der Waals surface area contributed by atoms with Crippen LogP contribution in [0.2, 0.25) is 10.3 Å². The zero-order valence-corrected chi connectivity index (χ0v) is 9.11. The number of rotatable bonds is 2. The van der Waals surface area contributed by atoms with Crippen LogP contribution in [0, 0.1) is 0 Å². The molecule has 1 aromatic heterocycles. The summed E-state index contributed by atoms with van der Waals surface area (Å²) in [6.45, 7) is 0.739. The highest BCUT2D eigenvalue weighted by molar-refractivity contribution is 14.1. The van der Waals surface area contributed by atoms with E-state index in [9.17, 15) is 0 Å². The first-order valence-electron chi connectivity index (χ1n) is 2.88. The van der Waals surface area contributed by atoms with Crippen LogP contribution in [0.4, 0.5) is 0 Å². The van der Waals surface area contributed by atoms with E-state index in [4.69, 9.17) is 23.2 Å². The minimum Gasteiger partial charge on any atom is -0.257 e. The molecule has 0 aliphatic rings. The Bertz CT molecular complexity index is 234. The fourth-order valence-electron chi connectivity index (χ4n) is 0.693. The third kappa shape index (κ3) is 3.11. The van der Waals surface area contributed by atoms with Gasteiger partial charge in [-0.15, -0.1) is 0 Å². The standard InChI is InChI=1S/C6H5Cl2IN2/c7-5-1-4(3-10-9)2-6(8)11-5/h1-2,10H,3H2. The van der Waals surface area contributed by atoms with Crippen LogP contribution in [0.1, 0.15) is 5.56 Å². The second-order valence-electron chi connectivity index (χ2n) is 1.93. The molecule has 60 valence electrons. The number of pyridine rings is 1. The van der Waals surface area contributed by atoms with E-state index in [0.717, 1.165) is 12.1 Å². The SMILES string of the molecule is Clc1cc(CNI)cc(Cl)n1. The van der Waals surface area contributed by atoms with Crippen LogP contribution in [0.3, 0.4) is 0 Å². The molecule has 1 aromatic rings. The van der Waals surface area contributed by atoms with Crippen molar-refractivity contribution in [2.75, 3.05) is 0 Å². The average Bonchev–Trinajstić information content (AvgIpc) is 1.85. The molecule has 2 nitrogen and oxygen atoms in total. The molecule has 0 saturated heterocycles. The van der Waals surface area contributed by atoms with Crippen LogP contribution in [0.15, 0.2) is 12.1 Å². The van der Waals surface area contributed by atoms with Crippen molar-refractivity contribution in [2.45, 2.75) is 6.54 Å². The Hall–Kier alpha value is 0.420. The minimum absolute atomic E-state index is 0.430. The van der Waals surface area contributed by atoms with E-state index in [1.54, 1.807) is 12.1 Å². The van der Waals surface area contributed by atoms with Crippen molar-refractivity contribution in [1.29, 1.82) is 0 Å². The normalized spacial score (nSPS) is 10.1. The molecule has 0 bridgehead atoms. The lowest BCUT2D eigenvalue weighted by Gasteiger charge is -1.99. The van der Waals surface area contributed by atoms with Crippen LogP contribution in [-0.4, -0.2) is 4.98 Å². The molecule has 0 spiro atoms. The van der Waals surface area contributed by atoms with E-state index in [0.29, 0.717) is 10.3 Å². The van der Waals surface area contributed by atoms with Gasteiger partial charge in [0.05, 0.1) is 0 Å². The summed E-state index contributed by atoms with van der Waals surface area (Å²) < 4.78 is 2.96. The van der Waals surface area contributed by atoms with E-state index in [1.807, 2.05) is 0 Å². The molecular formula is C6H5Cl2IN2. The van der Waals surface area contributed by atoms with Gasteiger partial charge in [-0.25, -0.2) is 4.98 Å². The fourth-order valence-corrected chi connectivity index (χ4v) is 1.64. The lowest BCUT2D eigenvalue weighted by Crippen LogP contribution is -1.97. The molecule has 0 aliphatic heterocycles. The van der Waals surface area contributed by atoms with Crippen molar-refractivity contribution in [1.82, 2.24) is 8.51 Å². The first kappa shape index (κ1) is 9.51. The molecule has 0 saturated carbocycles. The molecule has 0 aromatic carbocycles. The van der Waals surface area contributed by atoms with Gasteiger partial charge in [0, 0.05) is 29.4 Å². The smallest absolute Gasteiger partial charge is 0.131 e. The Morgan fingerprint density at radius 2 is 1.91 bits per heavy atom. The molecule has 11 heavy (non-hydrogen) atoms. The molecule has 1 N–H and O–H groups in total. The van der Waals surface area contributed by atoms with Crippen LogP contribution >= 0.6 is 46.1 Å². The quantitative estimate of drug-likeness (QED) is 0.516. The zero-order chi connectivity index (χ0) is 8.27. The third-order valence-electron chi connectivity index (χ3n) is 1.09. The summed E-state index contributed by atoms with van der Waals surface area (Å²) in [6.07, 6.45) is 0. The molecule has 1 rings (SSSR count). The van der Waals surface area contributed by atoms with Gasteiger partial charge >= 0.3 is 0 Å². The maximum Gasteiger partial charge on any atom is 0.131 e. The number of aromatic nitrogens is 1. The third-order valence-corrected chi connectivity index (χ3v) is 1.86. The summed E-state index contributed by atoms with van der Waals surface area (Å²) in [5, 5.41) is 0.860. The van der Waals surface area contributed by atoms with Gasteiger partial charge in [-0.2, -0.15) is 0 Å². The van der Waals surface area contributed by atoms with Crippen molar-refractivity contribution in [3.05, 3.63) is 28.0 Å². The number of hydrogen-bond donors (Lipinski definition) is 1. The van der Waals surface area contributed by atoms with E-state index in [2.05, 4.69) is 31.4 Å². The molecular weight excluding hydrogens is 298 g/mol. The molecule has 0 radical (unpaired) electrons. The minimum atomic E-state index is 0.430. The number of hydrogen-bond acceptors (Lipinski definition) is 2. The summed E-state index contributed by atoms with van der Waals surface area (Å²) in [4.78, 5) is 3.82. The van der Waals surface area contributed by atoms with Crippen molar-refractivity contribution in [2.24, 2.45) is 0 Å². The van der Waals surface area contributed by atoms with Gasteiger partial charge in [0.25, 0.3) is 0 Å². The van der Waals surface area contributed by atoms with Gasteiger partial charge in [0.1, 0.15) is 10.3 Å². The fraction of sp³-hybridized carbons (Fsp3) is 0.167. The topological polar surface area (TPSA) is 24.9 Å². The Morgan fingerprint density at radius 3 is 2.36 bits per heavy atom. The number of nitrogens with one attached hydrogen (secondary N) is 1. The van der Waals surface area contributed by atoms with E-state index < -0.39 is 0 Å². The van der Waals surface area contributed by atoms with E-state index >= 15 is 0 Å². The van der Waals surface area contributed by atoms with E-state index in [1.165, 1.54) is 0 Å². The van der Waals surface area contributed by atoms with Crippen LogP contribution < -0.4 is 3.53 Å². The molecule has 5 heteroatoms. The number of nitrogens with zero attached hydrogens (tertiary/aromatic N) is 1. The maximum absolute atomic E-state index is 5.66. The molecule has 0 fully saturated rings. The van der Waals surface area contributed by atoms with Gasteiger partial charge in [-0.1, -0.05) is 23.2 Å². The van der Waals surface area contributed by atoms with Gasteiger partial charge in [0.15, 0.2) is 0 Å². The lowest BCUT2D eigenvalue weighted by atomic mass is 10.3. The summed E-state index contributed by atoms with van der Waals surface area (Å²) in [6, 6.07) is 3.55. The summed E-state index contributed by atoms with van der Waals surface area (Å²) in [7, 11) is 0. The average molecular weight is 303 g/mol. The Labute approximate surface area is 88.8 Å². The molecule has 0 amide bonds. The molecule has 0 unspecified atom stereocenters. The molecule has 0 atom stereocenters. The van der Waals surface area contributed by atoms with Gasteiger partial charge in [0.2, 0.25) is 0 Å². The second kappa shape index (κ2) is 4.45. The van der Waals surface area contributed by atoms with Crippen molar-refractivity contribution < 1.29 is 0 Å². The summed E-state index contributed by atoms with van der Waals surface area (Å²) in [5.41, 5.74) is 1.03. The monoisotopic (exact) mass is 302 g/mol.